The van der Waals surface area contributed by atoms with Crippen molar-refractivity contribution >= 4 is 17.5 Å². The fourth-order valence-corrected chi connectivity index (χ4v) is 3.68. The Morgan fingerprint density at radius 3 is 2.62 bits per heavy atom. The second-order valence-corrected chi connectivity index (χ2v) is 7.41. The van der Waals surface area contributed by atoms with E-state index in [1.165, 1.54) is 12.5 Å². The van der Waals surface area contributed by atoms with E-state index in [4.69, 9.17) is 11.6 Å². The Kier molecular flexibility index (Phi) is 6.09. The number of carbonyl (C=O) groups is 1. The second-order valence-electron chi connectivity index (χ2n) is 6.97. The van der Waals surface area contributed by atoms with Crippen LogP contribution in [0.1, 0.15) is 55.2 Å². The monoisotopic (exact) mass is 373 g/mol. The molecule has 1 heterocycles. The average Bonchev–Trinajstić information content (AvgIpc) is 2.61. The lowest BCUT2D eigenvalue weighted by molar-refractivity contribution is -0.126. The van der Waals surface area contributed by atoms with Gasteiger partial charge in [-0.2, -0.15) is 0 Å². The fourth-order valence-electron chi connectivity index (χ4n) is 3.56. The third-order valence-electron chi connectivity index (χ3n) is 4.89. The summed E-state index contributed by atoms with van der Waals surface area (Å²) in [4.78, 5) is 31.5. The number of hydrogen-bond donors (Lipinski definition) is 2. The van der Waals surface area contributed by atoms with Crippen molar-refractivity contribution in [3.63, 3.8) is 0 Å². The molecule has 1 aromatic heterocycles. The van der Waals surface area contributed by atoms with Crippen LogP contribution in [0, 0.1) is 12.8 Å². The number of benzene rings is 1. The molecule has 2 aromatic rings. The van der Waals surface area contributed by atoms with E-state index in [9.17, 15) is 9.59 Å². The molecule has 1 aliphatic rings. The number of nitrogens with zero attached hydrogens (tertiary/aromatic N) is 1. The molecule has 1 saturated carbocycles. The predicted molar refractivity (Wildman–Crippen MR) is 102 cm³/mol. The molecule has 0 aliphatic heterocycles. The number of halogens is 1. The number of carbonyl (C=O) groups excluding carboxylic acids is 1. The topological polar surface area (TPSA) is 74.8 Å². The first-order chi connectivity index (χ1) is 12.5. The van der Waals surface area contributed by atoms with Gasteiger partial charge >= 0.3 is 0 Å². The number of aromatic amines is 1. The number of hydrogen-bond acceptors (Lipinski definition) is 3. The summed E-state index contributed by atoms with van der Waals surface area (Å²) < 4.78 is 0. The van der Waals surface area contributed by atoms with Crippen molar-refractivity contribution in [2.24, 2.45) is 5.92 Å². The van der Waals surface area contributed by atoms with Crippen molar-refractivity contribution < 1.29 is 4.79 Å². The molecule has 0 radical (unpaired) electrons. The molecule has 0 bridgehead atoms. The molecule has 6 heteroatoms. The highest BCUT2D eigenvalue weighted by Crippen LogP contribution is 2.26. The van der Waals surface area contributed by atoms with Crippen LogP contribution in [0.3, 0.4) is 0 Å². The highest BCUT2D eigenvalue weighted by Gasteiger charge is 2.24. The van der Waals surface area contributed by atoms with Gasteiger partial charge in [0.25, 0.3) is 5.56 Å². The van der Waals surface area contributed by atoms with Gasteiger partial charge < -0.3 is 10.3 Å². The van der Waals surface area contributed by atoms with Crippen molar-refractivity contribution in [1.29, 1.82) is 0 Å². The van der Waals surface area contributed by atoms with Gasteiger partial charge in [0.15, 0.2) is 0 Å². The van der Waals surface area contributed by atoms with Crippen molar-refractivity contribution in [3.8, 4) is 0 Å². The molecule has 0 spiro atoms. The summed E-state index contributed by atoms with van der Waals surface area (Å²) in [6.07, 6.45) is 5.78. The van der Waals surface area contributed by atoms with E-state index in [1.54, 1.807) is 6.92 Å². The summed E-state index contributed by atoms with van der Waals surface area (Å²) in [6, 6.07) is 8.70. The standard InChI is InChI=1S/C20H24ClN3O2/c1-13-22-17(12-19(25)23-13)11-18(14-7-9-16(21)10-8-14)24-20(26)15-5-3-2-4-6-15/h7-10,12,15,18H,2-6,11H2,1H3,(H,24,26)(H,22,23,25)/t18-/m0/s1. The van der Waals surface area contributed by atoms with Gasteiger partial charge in [-0.25, -0.2) is 4.98 Å². The molecular formula is C20H24ClN3O2. The second kappa shape index (κ2) is 8.49. The zero-order valence-electron chi connectivity index (χ0n) is 14.9. The van der Waals surface area contributed by atoms with E-state index in [2.05, 4.69) is 15.3 Å². The van der Waals surface area contributed by atoms with Gasteiger partial charge in [0, 0.05) is 23.4 Å². The molecule has 1 aliphatic carbocycles. The minimum Gasteiger partial charge on any atom is -0.349 e. The maximum Gasteiger partial charge on any atom is 0.251 e. The molecule has 26 heavy (non-hydrogen) atoms. The van der Waals surface area contributed by atoms with Crippen LogP contribution < -0.4 is 10.9 Å². The van der Waals surface area contributed by atoms with Crippen LogP contribution >= 0.6 is 11.6 Å². The third-order valence-corrected chi connectivity index (χ3v) is 5.14. The Labute approximate surface area is 158 Å². The Morgan fingerprint density at radius 1 is 1.27 bits per heavy atom. The Balaban J connectivity index is 1.82. The Hall–Kier alpha value is -2.14. The number of H-pyrrole nitrogens is 1. The summed E-state index contributed by atoms with van der Waals surface area (Å²) in [5.74, 6) is 0.736. The van der Waals surface area contributed by atoms with Gasteiger partial charge in [-0.05, 0) is 37.5 Å². The van der Waals surface area contributed by atoms with Crippen LogP contribution in [0.15, 0.2) is 35.1 Å². The van der Waals surface area contributed by atoms with E-state index >= 15 is 0 Å². The molecule has 2 N–H and O–H groups in total. The number of aromatic nitrogens is 2. The maximum atomic E-state index is 12.7. The minimum atomic E-state index is -0.240. The molecule has 1 aromatic carbocycles. The van der Waals surface area contributed by atoms with Gasteiger partial charge in [0.2, 0.25) is 5.91 Å². The summed E-state index contributed by atoms with van der Waals surface area (Å²) in [5.41, 5.74) is 1.44. The number of amides is 1. The molecular weight excluding hydrogens is 350 g/mol. The van der Waals surface area contributed by atoms with Crippen molar-refractivity contribution in [1.82, 2.24) is 15.3 Å². The third kappa shape index (κ3) is 4.94. The lowest BCUT2D eigenvalue weighted by Crippen LogP contribution is -2.36. The largest absolute Gasteiger partial charge is 0.349 e. The van der Waals surface area contributed by atoms with E-state index < -0.39 is 0 Å². The highest BCUT2D eigenvalue weighted by atomic mass is 35.5. The average molecular weight is 374 g/mol. The molecule has 1 amide bonds. The number of rotatable bonds is 5. The van der Waals surface area contributed by atoms with Crippen LogP contribution in [-0.4, -0.2) is 15.9 Å². The fraction of sp³-hybridized carbons (Fsp3) is 0.450. The zero-order chi connectivity index (χ0) is 18.5. The first-order valence-corrected chi connectivity index (χ1v) is 9.52. The van der Waals surface area contributed by atoms with Crippen LogP contribution in [0.4, 0.5) is 0 Å². The maximum absolute atomic E-state index is 12.7. The number of nitrogens with one attached hydrogen (secondary N) is 2. The summed E-state index contributed by atoms with van der Waals surface area (Å²) >= 11 is 6.00. The summed E-state index contributed by atoms with van der Waals surface area (Å²) in [7, 11) is 0. The quantitative estimate of drug-likeness (QED) is 0.838. The molecule has 3 rings (SSSR count). The summed E-state index contributed by atoms with van der Waals surface area (Å²) in [6.45, 7) is 1.75. The van der Waals surface area contributed by atoms with Gasteiger partial charge in [0.1, 0.15) is 5.82 Å². The zero-order valence-corrected chi connectivity index (χ0v) is 15.7. The van der Waals surface area contributed by atoms with E-state index in [0.717, 1.165) is 31.2 Å². The van der Waals surface area contributed by atoms with Gasteiger partial charge in [-0.1, -0.05) is 43.0 Å². The first kappa shape index (κ1) is 18.6. The molecule has 5 nitrogen and oxygen atoms in total. The van der Waals surface area contributed by atoms with Crippen molar-refractivity contribution in [2.45, 2.75) is 51.5 Å². The smallest absolute Gasteiger partial charge is 0.251 e. The number of aryl methyl sites for hydroxylation is 1. The van der Waals surface area contributed by atoms with Crippen LogP contribution in [0.2, 0.25) is 5.02 Å². The highest BCUT2D eigenvalue weighted by molar-refractivity contribution is 6.30. The SMILES string of the molecule is Cc1nc(C[C@H](NC(=O)C2CCCCC2)c2ccc(Cl)cc2)cc(=O)[nH]1. The normalized spacial score (nSPS) is 16.2. The lowest BCUT2D eigenvalue weighted by Gasteiger charge is -2.25. The van der Waals surface area contributed by atoms with Crippen LogP contribution in [0.25, 0.3) is 0 Å². The van der Waals surface area contributed by atoms with E-state index in [-0.39, 0.29) is 23.4 Å². The molecule has 0 unspecified atom stereocenters. The molecule has 1 fully saturated rings. The Bertz CT molecular complexity index is 811. The summed E-state index contributed by atoms with van der Waals surface area (Å²) in [5, 5.41) is 3.82. The first-order valence-electron chi connectivity index (χ1n) is 9.14. The van der Waals surface area contributed by atoms with E-state index in [0.29, 0.717) is 23.0 Å². The van der Waals surface area contributed by atoms with Crippen molar-refractivity contribution in [2.75, 3.05) is 0 Å². The molecule has 1 atom stereocenters. The van der Waals surface area contributed by atoms with Crippen LogP contribution in [-0.2, 0) is 11.2 Å². The molecule has 0 saturated heterocycles. The van der Waals surface area contributed by atoms with E-state index in [1.807, 2.05) is 24.3 Å². The minimum absolute atomic E-state index is 0.0763. The lowest BCUT2D eigenvalue weighted by atomic mass is 9.88. The predicted octanol–water partition coefficient (Wildman–Crippen LogP) is 3.71. The van der Waals surface area contributed by atoms with Gasteiger partial charge in [-0.3, -0.25) is 9.59 Å². The van der Waals surface area contributed by atoms with Gasteiger partial charge in [0.05, 0.1) is 11.7 Å². The molecule has 138 valence electrons. The van der Waals surface area contributed by atoms with Crippen LogP contribution in [0.5, 0.6) is 0 Å². The van der Waals surface area contributed by atoms with Crippen molar-refractivity contribution in [3.05, 3.63) is 62.8 Å². The van der Waals surface area contributed by atoms with Gasteiger partial charge in [-0.15, -0.1) is 0 Å². The Morgan fingerprint density at radius 2 is 1.96 bits per heavy atom.